The summed E-state index contributed by atoms with van der Waals surface area (Å²) < 4.78 is 122. The molecule has 1 aliphatic rings. The lowest BCUT2D eigenvalue weighted by molar-refractivity contribution is -0.276. The molecular weight excluding hydrogens is 484 g/mol. The molecular formula is C11H22O14S4. The van der Waals surface area contributed by atoms with Crippen molar-refractivity contribution in [2.75, 3.05) is 38.7 Å². The van der Waals surface area contributed by atoms with E-state index in [1.54, 1.807) is 0 Å². The van der Waals surface area contributed by atoms with Crippen LogP contribution in [0.1, 0.15) is 0 Å². The van der Waals surface area contributed by atoms with Gasteiger partial charge in [0.2, 0.25) is 0 Å². The van der Waals surface area contributed by atoms with E-state index < -0.39 is 77.8 Å². The van der Waals surface area contributed by atoms with E-state index in [1.807, 2.05) is 0 Å². The van der Waals surface area contributed by atoms with Crippen LogP contribution in [-0.2, 0) is 66.7 Å². The minimum atomic E-state index is -4.32. The van der Waals surface area contributed by atoms with E-state index in [4.69, 9.17) is 22.0 Å². The van der Waals surface area contributed by atoms with Gasteiger partial charge in [0.1, 0.15) is 18.3 Å². The van der Waals surface area contributed by atoms with E-state index in [0.29, 0.717) is 25.0 Å². The molecule has 0 saturated carbocycles. The van der Waals surface area contributed by atoms with Crippen LogP contribution in [0.4, 0.5) is 0 Å². The number of hydrogen-bond acceptors (Lipinski definition) is 14. The molecule has 1 aliphatic heterocycles. The summed E-state index contributed by atoms with van der Waals surface area (Å²) in [6.07, 6.45) is -6.25. The first-order chi connectivity index (χ1) is 12.8. The van der Waals surface area contributed by atoms with Crippen molar-refractivity contribution in [1.82, 2.24) is 0 Å². The van der Waals surface area contributed by atoms with Crippen molar-refractivity contribution < 1.29 is 59.9 Å². The van der Waals surface area contributed by atoms with Gasteiger partial charge in [-0.25, -0.2) is 0 Å². The molecule has 174 valence electrons. The molecule has 0 amide bonds. The number of ether oxygens (including phenoxy) is 2. The van der Waals surface area contributed by atoms with Crippen LogP contribution < -0.4 is 0 Å². The first-order valence-corrected chi connectivity index (χ1v) is 14.8. The summed E-state index contributed by atoms with van der Waals surface area (Å²) in [4.78, 5) is 0. The van der Waals surface area contributed by atoms with E-state index >= 15 is 0 Å². The van der Waals surface area contributed by atoms with Gasteiger partial charge in [-0.05, 0) is 0 Å². The smallest absolute Gasteiger partial charge is 0.264 e. The summed E-state index contributed by atoms with van der Waals surface area (Å²) in [5, 5.41) is 0. The van der Waals surface area contributed by atoms with E-state index in [1.165, 1.54) is 0 Å². The van der Waals surface area contributed by atoms with Crippen LogP contribution in [0.15, 0.2) is 0 Å². The van der Waals surface area contributed by atoms with Crippen molar-refractivity contribution >= 4 is 40.5 Å². The molecule has 0 radical (unpaired) electrons. The maximum atomic E-state index is 11.7. The molecule has 0 spiro atoms. The maximum absolute atomic E-state index is 11.7. The van der Waals surface area contributed by atoms with Gasteiger partial charge in [-0.15, -0.1) is 0 Å². The Morgan fingerprint density at radius 1 is 0.655 bits per heavy atom. The van der Waals surface area contributed by atoms with Gasteiger partial charge >= 0.3 is 0 Å². The fourth-order valence-corrected chi connectivity index (χ4v) is 4.57. The van der Waals surface area contributed by atoms with Gasteiger partial charge in [-0.1, -0.05) is 0 Å². The third-order valence-corrected chi connectivity index (χ3v) is 5.41. The van der Waals surface area contributed by atoms with Gasteiger partial charge in [0, 0.05) is 7.11 Å². The van der Waals surface area contributed by atoms with Gasteiger partial charge in [-0.2, -0.15) is 33.7 Å². The van der Waals surface area contributed by atoms with Crippen molar-refractivity contribution in [3.8, 4) is 0 Å². The van der Waals surface area contributed by atoms with E-state index in [0.717, 1.165) is 7.11 Å². The molecule has 0 unspecified atom stereocenters. The second-order valence-electron chi connectivity index (χ2n) is 6.06. The first-order valence-electron chi connectivity index (χ1n) is 7.49. The van der Waals surface area contributed by atoms with Crippen LogP contribution in [0.2, 0.25) is 0 Å². The van der Waals surface area contributed by atoms with Crippen molar-refractivity contribution in [2.24, 2.45) is 0 Å². The second kappa shape index (κ2) is 9.37. The van der Waals surface area contributed by atoms with Crippen LogP contribution >= 0.6 is 0 Å². The normalized spacial score (nSPS) is 29.6. The Kier molecular flexibility index (Phi) is 8.59. The van der Waals surface area contributed by atoms with Gasteiger partial charge in [0.15, 0.2) is 12.4 Å². The lowest BCUT2D eigenvalue weighted by Gasteiger charge is -2.43. The lowest BCUT2D eigenvalue weighted by Crippen LogP contribution is -2.62. The monoisotopic (exact) mass is 506 g/mol. The number of rotatable bonds is 10. The predicted molar refractivity (Wildman–Crippen MR) is 95.6 cm³/mol. The quantitative estimate of drug-likeness (QED) is 0.279. The van der Waals surface area contributed by atoms with Crippen molar-refractivity contribution in [3.05, 3.63) is 0 Å². The van der Waals surface area contributed by atoms with Crippen LogP contribution in [0, 0.1) is 0 Å². The molecule has 1 saturated heterocycles. The Balaban J connectivity index is 3.49. The molecule has 14 nitrogen and oxygen atoms in total. The van der Waals surface area contributed by atoms with E-state index in [9.17, 15) is 33.7 Å². The fourth-order valence-electron chi connectivity index (χ4n) is 2.33. The van der Waals surface area contributed by atoms with Crippen LogP contribution in [0.5, 0.6) is 0 Å². The highest BCUT2D eigenvalue weighted by molar-refractivity contribution is 7.86. The topological polar surface area (TPSA) is 192 Å². The van der Waals surface area contributed by atoms with Crippen molar-refractivity contribution in [2.45, 2.75) is 30.7 Å². The molecule has 0 aromatic rings. The molecule has 1 heterocycles. The van der Waals surface area contributed by atoms with E-state index in [2.05, 4.69) is 4.18 Å². The van der Waals surface area contributed by atoms with Gasteiger partial charge < -0.3 is 9.47 Å². The summed E-state index contributed by atoms with van der Waals surface area (Å²) in [6.45, 7) is -0.825. The standard InChI is InChI=1S/C11H22O14S4/c1-20-11-10(25-29(5,18)19)9(24-28(4,16)17)8(23-27(3,14)15)7(22-11)6-21-26(2,12)13/h7-11H,6H2,1-5H3/t7-,8+,9-,10+,11+/m0/s1. The van der Waals surface area contributed by atoms with Gasteiger partial charge in [0.25, 0.3) is 40.5 Å². The van der Waals surface area contributed by atoms with Crippen molar-refractivity contribution in [1.29, 1.82) is 0 Å². The maximum Gasteiger partial charge on any atom is 0.264 e. The molecule has 1 rings (SSSR count). The zero-order valence-corrected chi connectivity index (χ0v) is 19.2. The summed E-state index contributed by atoms with van der Waals surface area (Å²) in [5.74, 6) is 0. The zero-order chi connectivity index (χ0) is 22.8. The average Bonchev–Trinajstić information content (AvgIpc) is 2.44. The fraction of sp³-hybridized carbons (Fsp3) is 1.00. The highest BCUT2D eigenvalue weighted by atomic mass is 32.2. The van der Waals surface area contributed by atoms with Crippen molar-refractivity contribution in [3.63, 3.8) is 0 Å². The molecule has 5 atom stereocenters. The highest BCUT2D eigenvalue weighted by Crippen LogP contribution is 2.31. The Morgan fingerprint density at radius 3 is 1.45 bits per heavy atom. The minimum absolute atomic E-state index is 0.612. The summed E-state index contributed by atoms with van der Waals surface area (Å²) in [7, 11) is -15.8. The SMILES string of the molecule is CO[C@@H]1O[C@@H](COS(C)(=O)=O)[C@@H](OS(C)(=O)=O)[C@H](OS(C)(=O)=O)[C@H]1OS(C)(=O)=O. The Morgan fingerprint density at radius 2 is 1.07 bits per heavy atom. The molecule has 1 fully saturated rings. The second-order valence-corrected chi connectivity index (χ2v) is 12.5. The summed E-state index contributed by atoms with van der Waals surface area (Å²) in [6, 6.07) is 0. The van der Waals surface area contributed by atoms with Gasteiger partial charge in [-0.3, -0.25) is 16.7 Å². The molecule has 0 aliphatic carbocycles. The summed E-state index contributed by atoms with van der Waals surface area (Å²) in [5.41, 5.74) is 0. The third-order valence-electron chi connectivity index (χ3n) is 3.13. The molecule has 0 N–H and O–H groups in total. The Labute approximate surface area is 169 Å². The predicted octanol–water partition coefficient (Wildman–Crippen LogP) is -2.63. The molecule has 0 aromatic heterocycles. The molecule has 18 heteroatoms. The first kappa shape index (κ1) is 26.6. The van der Waals surface area contributed by atoms with Crippen LogP contribution in [-0.4, -0.2) is 103 Å². The van der Waals surface area contributed by atoms with Crippen LogP contribution in [0.25, 0.3) is 0 Å². The molecule has 29 heavy (non-hydrogen) atoms. The average molecular weight is 507 g/mol. The minimum Gasteiger partial charge on any atom is -0.353 e. The van der Waals surface area contributed by atoms with E-state index in [-0.39, 0.29) is 0 Å². The Bertz CT molecular complexity index is 980. The van der Waals surface area contributed by atoms with Gasteiger partial charge in [0.05, 0.1) is 31.6 Å². The summed E-state index contributed by atoms with van der Waals surface area (Å²) >= 11 is 0. The zero-order valence-electron chi connectivity index (χ0n) is 15.9. The highest BCUT2D eigenvalue weighted by Gasteiger charge is 2.53. The van der Waals surface area contributed by atoms with Crippen LogP contribution in [0.3, 0.4) is 0 Å². The Hall–Kier alpha value is -0.440. The third kappa shape index (κ3) is 9.94. The molecule has 0 bridgehead atoms. The largest absolute Gasteiger partial charge is 0.353 e. The molecule has 0 aromatic carbocycles. The lowest BCUT2D eigenvalue weighted by atomic mass is 9.99. The number of methoxy groups -OCH3 is 1. The number of hydrogen-bond donors (Lipinski definition) is 0.